The number of hydrogen-bond donors (Lipinski definition) is 1. The highest BCUT2D eigenvalue weighted by Crippen LogP contribution is 2.35. The number of aromatic nitrogens is 2. The summed E-state index contributed by atoms with van der Waals surface area (Å²) in [6.07, 6.45) is -2.62. The molecule has 2 aromatic rings. The second-order valence-corrected chi connectivity index (χ2v) is 5.71. The van der Waals surface area contributed by atoms with E-state index in [1.54, 1.807) is 30.3 Å². The monoisotopic (exact) mass is 354 g/mol. The van der Waals surface area contributed by atoms with Crippen molar-refractivity contribution < 1.29 is 18.0 Å². The number of nitrogens with zero attached hydrogens (tertiary/aromatic N) is 3. The topological polar surface area (TPSA) is 58.1 Å². The quantitative estimate of drug-likeness (QED) is 0.890. The SMILES string of the molecule is O=C(Nc1ccccc1)N1CC=C(c2nsnc2C(F)(F)F)CC1. The van der Waals surface area contributed by atoms with E-state index in [1.165, 1.54) is 4.90 Å². The maximum Gasteiger partial charge on any atom is 0.436 e. The van der Waals surface area contributed by atoms with Crippen LogP contribution in [0.5, 0.6) is 0 Å². The van der Waals surface area contributed by atoms with Gasteiger partial charge in [-0.3, -0.25) is 0 Å². The van der Waals surface area contributed by atoms with Crippen molar-refractivity contribution in [3.05, 3.63) is 47.8 Å². The van der Waals surface area contributed by atoms with Crippen molar-refractivity contribution >= 4 is 29.0 Å². The van der Waals surface area contributed by atoms with Gasteiger partial charge in [0.2, 0.25) is 0 Å². The molecule has 0 spiro atoms. The first kappa shape index (κ1) is 16.4. The maximum atomic E-state index is 12.9. The lowest BCUT2D eigenvalue weighted by Crippen LogP contribution is -2.38. The Morgan fingerprint density at radius 1 is 1.21 bits per heavy atom. The molecule has 1 aromatic carbocycles. The van der Waals surface area contributed by atoms with Gasteiger partial charge in [0, 0.05) is 18.8 Å². The minimum absolute atomic E-state index is 0.129. The fourth-order valence-electron chi connectivity index (χ4n) is 2.38. The first-order valence-electron chi connectivity index (χ1n) is 7.15. The van der Waals surface area contributed by atoms with E-state index in [2.05, 4.69) is 14.1 Å². The number of amides is 2. The van der Waals surface area contributed by atoms with Gasteiger partial charge in [-0.05, 0) is 24.1 Å². The standard InChI is InChI=1S/C15H13F3N4OS/c16-15(17,18)13-12(20-24-21-13)10-6-8-22(9-7-10)14(23)19-11-4-2-1-3-5-11/h1-6H,7-9H2,(H,19,23). The molecule has 1 N–H and O–H groups in total. The molecule has 3 rings (SSSR count). The zero-order chi connectivity index (χ0) is 17.2. The zero-order valence-electron chi connectivity index (χ0n) is 12.4. The van der Waals surface area contributed by atoms with Crippen LogP contribution in [0.3, 0.4) is 0 Å². The number of nitrogens with one attached hydrogen (secondary N) is 1. The van der Waals surface area contributed by atoms with Crippen molar-refractivity contribution in [2.45, 2.75) is 12.6 Å². The summed E-state index contributed by atoms with van der Waals surface area (Å²) in [5.74, 6) is 0. The lowest BCUT2D eigenvalue weighted by molar-refractivity contribution is -0.140. The van der Waals surface area contributed by atoms with E-state index in [9.17, 15) is 18.0 Å². The summed E-state index contributed by atoms with van der Waals surface area (Å²) in [6, 6.07) is 8.68. The number of hydrogen-bond acceptors (Lipinski definition) is 4. The number of benzene rings is 1. The van der Waals surface area contributed by atoms with Crippen LogP contribution in [0.2, 0.25) is 0 Å². The van der Waals surface area contributed by atoms with E-state index < -0.39 is 11.9 Å². The number of alkyl halides is 3. The predicted molar refractivity (Wildman–Crippen MR) is 84.5 cm³/mol. The molecule has 0 radical (unpaired) electrons. The number of anilines is 1. The number of halogens is 3. The van der Waals surface area contributed by atoms with E-state index in [-0.39, 0.29) is 18.3 Å². The molecular weight excluding hydrogens is 341 g/mol. The first-order chi connectivity index (χ1) is 11.4. The molecule has 1 aliphatic rings. The molecule has 0 aliphatic carbocycles. The van der Waals surface area contributed by atoms with Crippen LogP contribution in [0.25, 0.3) is 5.57 Å². The second-order valence-electron chi connectivity index (χ2n) is 5.18. The van der Waals surface area contributed by atoms with Crippen LogP contribution >= 0.6 is 11.7 Å². The van der Waals surface area contributed by atoms with Gasteiger partial charge < -0.3 is 10.2 Å². The van der Waals surface area contributed by atoms with Crippen molar-refractivity contribution in [3.8, 4) is 0 Å². The number of urea groups is 1. The molecule has 2 heterocycles. The van der Waals surface area contributed by atoms with Gasteiger partial charge in [0.1, 0.15) is 5.69 Å². The summed E-state index contributed by atoms with van der Waals surface area (Å²) in [7, 11) is 0. The first-order valence-corrected chi connectivity index (χ1v) is 7.88. The third kappa shape index (κ3) is 3.56. The third-order valence-corrected chi connectivity index (χ3v) is 4.11. The fraction of sp³-hybridized carbons (Fsp3) is 0.267. The van der Waals surface area contributed by atoms with Crippen molar-refractivity contribution in [1.82, 2.24) is 13.6 Å². The fourth-order valence-corrected chi connectivity index (χ4v) is 2.98. The summed E-state index contributed by atoms with van der Waals surface area (Å²) in [4.78, 5) is 13.7. The van der Waals surface area contributed by atoms with Crippen LogP contribution in [-0.4, -0.2) is 32.8 Å². The Balaban J connectivity index is 1.68. The summed E-state index contributed by atoms with van der Waals surface area (Å²) >= 11 is 0.542. The largest absolute Gasteiger partial charge is 0.436 e. The third-order valence-electron chi connectivity index (χ3n) is 3.58. The van der Waals surface area contributed by atoms with E-state index >= 15 is 0 Å². The van der Waals surface area contributed by atoms with Crippen molar-refractivity contribution in [2.24, 2.45) is 0 Å². The minimum atomic E-state index is -4.52. The van der Waals surface area contributed by atoms with E-state index in [1.807, 2.05) is 6.07 Å². The molecule has 0 saturated carbocycles. The van der Waals surface area contributed by atoms with Gasteiger partial charge in [-0.15, -0.1) is 0 Å². The van der Waals surface area contributed by atoms with Gasteiger partial charge in [-0.2, -0.15) is 21.9 Å². The molecule has 0 bridgehead atoms. The van der Waals surface area contributed by atoms with Crippen LogP contribution in [0.4, 0.5) is 23.7 Å². The average molecular weight is 354 g/mol. The highest BCUT2D eigenvalue weighted by atomic mass is 32.1. The maximum absolute atomic E-state index is 12.9. The smallest absolute Gasteiger partial charge is 0.320 e. The number of carbonyl (C=O) groups is 1. The highest BCUT2D eigenvalue weighted by Gasteiger charge is 2.38. The predicted octanol–water partition coefficient (Wildman–Crippen LogP) is 3.88. The van der Waals surface area contributed by atoms with Crippen molar-refractivity contribution in [2.75, 3.05) is 18.4 Å². The van der Waals surface area contributed by atoms with Crippen molar-refractivity contribution in [3.63, 3.8) is 0 Å². The summed E-state index contributed by atoms with van der Waals surface area (Å²) in [6.45, 7) is 0.544. The van der Waals surface area contributed by atoms with Gasteiger partial charge in [0.25, 0.3) is 0 Å². The average Bonchev–Trinajstić information content (AvgIpc) is 3.06. The number of para-hydroxylation sites is 1. The molecule has 5 nitrogen and oxygen atoms in total. The molecule has 24 heavy (non-hydrogen) atoms. The van der Waals surface area contributed by atoms with Crippen LogP contribution in [0, 0.1) is 0 Å². The Bertz CT molecular complexity index is 758. The number of rotatable bonds is 2. The van der Waals surface area contributed by atoms with Crippen LogP contribution in [0.1, 0.15) is 17.8 Å². The molecule has 126 valence electrons. The highest BCUT2D eigenvalue weighted by molar-refractivity contribution is 6.99. The van der Waals surface area contributed by atoms with Crippen LogP contribution in [-0.2, 0) is 6.18 Å². The zero-order valence-corrected chi connectivity index (χ0v) is 13.2. The second kappa shape index (κ2) is 6.60. The lowest BCUT2D eigenvalue weighted by Gasteiger charge is -2.26. The van der Waals surface area contributed by atoms with Crippen molar-refractivity contribution in [1.29, 1.82) is 0 Å². The summed E-state index contributed by atoms with van der Waals surface area (Å²) < 4.78 is 45.8. The van der Waals surface area contributed by atoms with Gasteiger partial charge in [0.05, 0.1) is 11.7 Å². The molecule has 1 aromatic heterocycles. The van der Waals surface area contributed by atoms with E-state index in [0.717, 1.165) is 0 Å². The van der Waals surface area contributed by atoms with Crippen LogP contribution < -0.4 is 5.32 Å². The van der Waals surface area contributed by atoms with Crippen LogP contribution in [0.15, 0.2) is 36.4 Å². The molecule has 0 unspecified atom stereocenters. The minimum Gasteiger partial charge on any atom is -0.320 e. The molecule has 1 aliphatic heterocycles. The Labute approximate surface area is 140 Å². The Morgan fingerprint density at radius 2 is 1.96 bits per heavy atom. The molecule has 0 fully saturated rings. The molecule has 2 amide bonds. The molecule has 0 atom stereocenters. The molecular formula is C15H13F3N4OS. The van der Waals surface area contributed by atoms with Gasteiger partial charge in [-0.25, -0.2) is 4.79 Å². The summed E-state index contributed by atoms with van der Waals surface area (Å²) in [5, 5.41) is 2.75. The van der Waals surface area contributed by atoms with E-state index in [4.69, 9.17) is 0 Å². The van der Waals surface area contributed by atoms with Gasteiger partial charge in [-0.1, -0.05) is 24.3 Å². The Morgan fingerprint density at radius 3 is 2.58 bits per heavy atom. The molecule has 9 heteroatoms. The summed E-state index contributed by atoms with van der Waals surface area (Å²) in [5.41, 5.74) is 0.0525. The normalized spacial score (nSPS) is 15.1. The lowest BCUT2D eigenvalue weighted by atomic mass is 10.0. The Kier molecular flexibility index (Phi) is 4.52. The number of carbonyl (C=O) groups excluding carboxylic acids is 1. The molecule has 0 saturated heterocycles. The van der Waals surface area contributed by atoms with Gasteiger partial charge >= 0.3 is 12.2 Å². The Hall–Kier alpha value is -2.42. The van der Waals surface area contributed by atoms with Gasteiger partial charge in [0.15, 0.2) is 5.69 Å². The van der Waals surface area contributed by atoms with E-state index in [0.29, 0.717) is 36.0 Å².